The van der Waals surface area contributed by atoms with Gasteiger partial charge in [0.1, 0.15) is 16.8 Å². The molecule has 0 bridgehead atoms. The van der Waals surface area contributed by atoms with Crippen molar-refractivity contribution < 1.29 is 12.8 Å². The highest BCUT2D eigenvalue weighted by molar-refractivity contribution is 7.95. The zero-order valence-electron chi connectivity index (χ0n) is 11.6. The van der Waals surface area contributed by atoms with E-state index in [9.17, 15) is 12.8 Å². The molecule has 3 rings (SSSR count). The van der Waals surface area contributed by atoms with E-state index in [1.807, 2.05) is 19.1 Å². The summed E-state index contributed by atoms with van der Waals surface area (Å²) in [4.78, 5) is 0.567. The Morgan fingerprint density at radius 3 is 2.45 bits per heavy atom. The number of nitriles is 1. The van der Waals surface area contributed by atoms with Gasteiger partial charge in [0.25, 0.3) is 0 Å². The standard InChI is InChI=1S/C16H11FN2O2S/c1-11-5-7-12(8-6-11)19-10-13(9-18)22(20,21)16-14(17)3-2-4-15(16)19/h2-8,10H,1H3. The maximum absolute atomic E-state index is 14.1. The maximum Gasteiger partial charge on any atom is 0.223 e. The van der Waals surface area contributed by atoms with E-state index in [2.05, 4.69) is 0 Å². The molecule has 2 aromatic carbocycles. The minimum atomic E-state index is -4.13. The minimum absolute atomic E-state index is 0.197. The third-order valence-electron chi connectivity index (χ3n) is 3.43. The molecular formula is C16H11FN2O2S. The summed E-state index contributed by atoms with van der Waals surface area (Å²) in [5.74, 6) is -0.865. The molecule has 1 heterocycles. The molecule has 1 aliphatic heterocycles. The Labute approximate surface area is 127 Å². The van der Waals surface area contributed by atoms with Gasteiger partial charge in [-0.2, -0.15) is 5.26 Å². The first-order valence-corrected chi connectivity index (χ1v) is 7.95. The van der Waals surface area contributed by atoms with Crippen LogP contribution in [-0.4, -0.2) is 8.42 Å². The van der Waals surface area contributed by atoms with Crippen LogP contribution >= 0.6 is 0 Å². The quantitative estimate of drug-likeness (QED) is 0.809. The fourth-order valence-electron chi connectivity index (χ4n) is 2.33. The summed E-state index contributed by atoms with van der Waals surface area (Å²) in [5, 5.41) is 9.11. The predicted octanol–water partition coefficient (Wildman–Crippen LogP) is 3.42. The van der Waals surface area contributed by atoms with Gasteiger partial charge in [0.05, 0.1) is 5.69 Å². The monoisotopic (exact) mass is 314 g/mol. The minimum Gasteiger partial charge on any atom is -0.314 e. The summed E-state index contributed by atoms with van der Waals surface area (Å²) in [7, 11) is -4.13. The number of nitrogens with zero attached hydrogens (tertiary/aromatic N) is 2. The van der Waals surface area contributed by atoms with Crippen LogP contribution in [0.25, 0.3) is 0 Å². The van der Waals surface area contributed by atoms with Crippen LogP contribution in [-0.2, 0) is 9.84 Å². The first-order chi connectivity index (χ1) is 10.4. The second-order valence-electron chi connectivity index (χ2n) is 4.90. The van der Waals surface area contributed by atoms with Crippen LogP contribution < -0.4 is 4.90 Å². The number of benzene rings is 2. The van der Waals surface area contributed by atoms with Crippen LogP contribution in [0.1, 0.15) is 5.56 Å². The molecule has 6 heteroatoms. The smallest absolute Gasteiger partial charge is 0.223 e. The zero-order chi connectivity index (χ0) is 15.9. The molecular weight excluding hydrogens is 303 g/mol. The van der Waals surface area contributed by atoms with E-state index in [0.29, 0.717) is 5.69 Å². The van der Waals surface area contributed by atoms with E-state index in [4.69, 9.17) is 5.26 Å². The van der Waals surface area contributed by atoms with Gasteiger partial charge in [0.2, 0.25) is 9.84 Å². The summed E-state index contributed by atoms with van der Waals surface area (Å²) >= 11 is 0. The van der Waals surface area contributed by atoms with Gasteiger partial charge >= 0.3 is 0 Å². The summed E-state index contributed by atoms with van der Waals surface area (Å²) in [5.41, 5.74) is 1.89. The van der Waals surface area contributed by atoms with E-state index < -0.39 is 25.5 Å². The second kappa shape index (κ2) is 4.97. The van der Waals surface area contributed by atoms with Crippen molar-refractivity contribution in [1.29, 1.82) is 5.26 Å². The Morgan fingerprint density at radius 1 is 1.14 bits per heavy atom. The van der Waals surface area contributed by atoms with Gasteiger partial charge in [0.15, 0.2) is 4.91 Å². The number of allylic oxidation sites excluding steroid dienone is 1. The third kappa shape index (κ3) is 2.07. The van der Waals surface area contributed by atoms with Gasteiger partial charge < -0.3 is 4.90 Å². The largest absolute Gasteiger partial charge is 0.314 e. The molecule has 0 amide bonds. The molecule has 0 unspecified atom stereocenters. The Kier molecular flexibility index (Phi) is 3.23. The molecule has 0 atom stereocenters. The number of hydrogen-bond acceptors (Lipinski definition) is 4. The highest BCUT2D eigenvalue weighted by atomic mass is 32.2. The van der Waals surface area contributed by atoms with Crippen LogP contribution in [0.15, 0.2) is 58.5 Å². The van der Waals surface area contributed by atoms with Crippen LogP contribution in [0.4, 0.5) is 15.8 Å². The molecule has 4 nitrogen and oxygen atoms in total. The van der Waals surface area contributed by atoms with E-state index in [-0.39, 0.29) is 5.69 Å². The molecule has 0 spiro atoms. The van der Waals surface area contributed by atoms with E-state index in [1.54, 1.807) is 18.2 Å². The third-order valence-corrected chi connectivity index (χ3v) is 5.15. The lowest BCUT2D eigenvalue weighted by Crippen LogP contribution is -2.22. The van der Waals surface area contributed by atoms with Crippen LogP contribution in [0.2, 0.25) is 0 Å². The Morgan fingerprint density at radius 2 is 1.82 bits per heavy atom. The fourth-order valence-corrected chi connectivity index (χ4v) is 3.68. The van der Waals surface area contributed by atoms with Crippen molar-refractivity contribution in [3.63, 3.8) is 0 Å². The summed E-state index contributed by atoms with van der Waals surface area (Å²) in [6, 6.07) is 13.0. The van der Waals surface area contributed by atoms with Crippen molar-refractivity contribution in [2.45, 2.75) is 11.8 Å². The lowest BCUT2D eigenvalue weighted by molar-refractivity contribution is 0.570. The van der Waals surface area contributed by atoms with Crippen LogP contribution in [0.5, 0.6) is 0 Å². The number of aryl methyl sites for hydroxylation is 1. The number of hydrogen-bond donors (Lipinski definition) is 0. The number of fused-ring (bicyclic) bond motifs is 1. The van der Waals surface area contributed by atoms with Gasteiger partial charge in [-0.05, 0) is 31.2 Å². The van der Waals surface area contributed by atoms with E-state index >= 15 is 0 Å². The van der Waals surface area contributed by atoms with Crippen LogP contribution in [0, 0.1) is 24.1 Å². The fraction of sp³-hybridized carbons (Fsp3) is 0.0625. The Balaban J connectivity index is 2.31. The number of rotatable bonds is 1. The molecule has 110 valence electrons. The molecule has 0 aliphatic carbocycles. The summed E-state index contributed by atoms with van der Waals surface area (Å²) < 4.78 is 38.7. The van der Waals surface area contributed by atoms with Crippen molar-refractivity contribution in [2.24, 2.45) is 0 Å². The maximum atomic E-state index is 14.1. The van der Waals surface area contributed by atoms with Gasteiger partial charge in [-0.25, -0.2) is 12.8 Å². The van der Waals surface area contributed by atoms with Gasteiger partial charge in [-0.15, -0.1) is 0 Å². The molecule has 1 aliphatic rings. The molecule has 0 fully saturated rings. The van der Waals surface area contributed by atoms with Crippen LogP contribution in [0.3, 0.4) is 0 Å². The first kappa shape index (κ1) is 14.3. The Bertz CT molecular complexity index is 926. The van der Waals surface area contributed by atoms with Crippen molar-refractivity contribution in [3.05, 3.63) is 65.0 Å². The molecule has 0 aromatic heterocycles. The van der Waals surface area contributed by atoms with Gasteiger partial charge in [-0.3, -0.25) is 0 Å². The number of sulfone groups is 1. The molecule has 0 saturated carbocycles. The normalized spacial score (nSPS) is 15.7. The van der Waals surface area contributed by atoms with Crippen molar-refractivity contribution in [3.8, 4) is 6.07 Å². The topological polar surface area (TPSA) is 61.2 Å². The lowest BCUT2D eigenvalue weighted by Gasteiger charge is -2.27. The lowest BCUT2D eigenvalue weighted by atomic mass is 10.2. The molecule has 0 radical (unpaired) electrons. The Hall–Kier alpha value is -2.65. The average Bonchev–Trinajstić information content (AvgIpc) is 2.48. The van der Waals surface area contributed by atoms with Crippen molar-refractivity contribution in [1.82, 2.24) is 0 Å². The molecule has 0 N–H and O–H groups in total. The van der Waals surface area contributed by atoms with E-state index in [1.165, 1.54) is 23.2 Å². The zero-order valence-corrected chi connectivity index (χ0v) is 12.4. The predicted molar refractivity (Wildman–Crippen MR) is 80.6 cm³/mol. The second-order valence-corrected chi connectivity index (χ2v) is 6.76. The van der Waals surface area contributed by atoms with Crippen molar-refractivity contribution in [2.75, 3.05) is 4.90 Å². The summed E-state index contributed by atoms with van der Waals surface area (Å²) in [6.45, 7) is 1.93. The van der Waals surface area contributed by atoms with Gasteiger partial charge in [0, 0.05) is 11.9 Å². The number of halogens is 1. The van der Waals surface area contributed by atoms with Crippen molar-refractivity contribution >= 4 is 21.2 Å². The molecule has 22 heavy (non-hydrogen) atoms. The highest BCUT2D eigenvalue weighted by Gasteiger charge is 2.34. The SMILES string of the molecule is Cc1ccc(N2C=C(C#N)S(=O)(=O)c3c(F)cccc32)cc1. The van der Waals surface area contributed by atoms with E-state index in [0.717, 1.165) is 11.6 Å². The molecule has 2 aromatic rings. The average molecular weight is 314 g/mol. The highest BCUT2D eigenvalue weighted by Crippen LogP contribution is 2.40. The molecule has 0 saturated heterocycles. The first-order valence-electron chi connectivity index (χ1n) is 6.46. The number of anilines is 2. The van der Waals surface area contributed by atoms with Gasteiger partial charge in [-0.1, -0.05) is 23.8 Å². The summed E-state index contributed by atoms with van der Waals surface area (Å²) in [6.07, 6.45) is 1.22.